The highest BCUT2D eigenvalue weighted by Gasteiger charge is 2.33. The fourth-order valence-electron chi connectivity index (χ4n) is 3.05. The molecule has 3 aliphatic heterocycles. The quantitative estimate of drug-likeness (QED) is 0.849. The molecule has 0 amide bonds. The van der Waals surface area contributed by atoms with Gasteiger partial charge in [-0.2, -0.15) is 0 Å². The average molecular weight is 342 g/mol. The molecule has 2 nitrogen and oxygen atoms in total. The van der Waals surface area contributed by atoms with Gasteiger partial charge in [-0.05, 0) is 72.1 Å². The minimum atomic E-state index is 0.719. The number of nitrogens with zero attached hydrogens (tertiary/aromatic N) is 1. The molecule has 0 aliphatic carbocycles. The molecule has 3 heteroatoms. The molecule has 3 saturated heterocycles. The zero-order chi connectivity index (χ0) is 11.7. The summed E-state index contributed by atoms with van der Waals surface area (Å²) in [5.41, 5.74) is 1.40. The van der Waals surface area contributed by atoms with Crippen LogP contribution in [-0.2, 0) is 6.54 Å². The van der Waals surface area contributed by atoms with Gasteiger partial charge < -0.3 is 10.2 Å². The zero-order valence-electron chi connectivity index (χ0n) is 10.0. The minimum Gasteiger partial charge on any atom is -0.308 e. The van der Waals surface area contributed by atoms with E-state index in [0.717, 1.165) is 18.5 Å². The number of hydrogen-bond donors (Lipinski definition) is 1. The fourth-order valence-corrected chi connectivity index (χ4v) is 3.41. The van der Waals surface area contributed by atoms with Gasteiger partial charge in [0.05, 0.1) is 0 Å². The average Bonchev–Trinajstić information content (AvgIpc) is 2.39. The van der Waals surface area contributed by atoms with Crippen LogP contribution < -0.4 is 5.32 Å². The normalized spacial score (nSPS) is 31.7. The van der Waals surface area contributed by atoms with Gasteiger partial charge in [-0.15, -0.1) is 0 Å². The van der Waals surface area contributed by atoms with Crippen molar-refractivity contribution in [2.45, 2.75) is 25.4 Å². The second kappa shape index (κ2) is 5.24. The van der Waals surface area contributed by atoms with Crippen LogP contribution in [0.3, 0.4) is 0 Å². The van der Waals surface area contributed by atoms with Crippen LogP contribution in [0.5, 0.6) is 0 Å². The van der Waals surface area contributed by atoms with Gasteiger partial charge in [0.1, 0.15) is 0 Å². The first-order valence-electron chi connectivity index (χ1n) is 6.51. The zero-order valence-corrected chi connectivity index (χ0v) is 12.2. The van der Waals surface area contributed by atoms with Gasteiger partial charge in [-0.1, -0.05) is 12.1 Å². The molecule has 0 radical (unpaired) electrons. The first-order valence-corrected chi connectivity index (χ1v) is 7.59. The monoisotopic (exact) mass is 342 g/mol. The molecule has 0 spiro atoms. The Bertz CT molecular complexity index is 368. The molecule has 1 N–H and O–H groups in total. The molecule has 1 unspecified atom stereocenters. The maximum Gasteiger partial charge on any atom is 0.0227 e. The van der Waals surface area contributed by atoms with Crippen molar-refractivity contribution in [3.8, 4) is 0 Å². The summed E-state index contributed by atoms with van der Waals surface area (Å²) in [5, 5.41) is 3.74. The molecule has 2 bridgehead atoms. The van der Waals surface area contributed by atoms with Gasteiger partial charge in [-0.3, -0.25) is 0 Å². The third kappa shape index (κ3) is 2.83. The van der Waals surface area contributed by atoms with Crippen LogP contribution >= 0.6 is 22.6 Å². The van der Waals surface area contributed by atoms with Crippen molar-refractivity contribution in [2.24, 2.45) is 5.92 Å². The second-order valence-corrected chi connectivity index (χ2v) is 6.50. The van der Waals surface area contributed by atoms with Crippen molar-refractivity contribution in [3.05, 3.63) is 33.4 Å². The molecule has 0 saturated carbocycles. The van der Waals surface area contributed by atoms with E-state index in [4.69, 9.17) is 0 Å². The smallest absolute Gasteiger partial charge is 0.0227 e. The van der Waals surface area contributed by atoms with Crippen molar-refractivity contribution in [1.82, 2.24) is 10.2 Å². The maximum atomic E-state index is 3.74. The molecule has 3 fully saturated rings. The molecule has 3 aliphatic rings. The molecule has 1 aromatic rings. The Balaban J connectivity index is 1.56. The lowest BCUT2D eigenvalue weighted by molar-refractivity contribution is 0.0720. The highest BCUT2D eigenvalue weighted by Crippen LogP contribution is 2.27. The van der Waals surface area contributed by atoms with E-state index in [2.05, 4.69) is 57.1 Å². The lowest BCUT2D eigenvalue weighted by Crippen LogP contribution is -2.55. The Hall–Kier alpha value is -0.130. The molecule has 92 valence electrons. The van der Waals surface area contributed by atoms with Crippen LogP contribution in [-0.4, -0.2) is 30.6 Å². The standard InChI is InChI=1S/C14H19IN2/c15-13-3-1-11(2-4-13)9-16-14-10-17-7-5-12(14)6-8-17/h1-4,12,14,16H,5-10H2. The van der Waals surface area contributed by atoms with Crippen molar-refractivity contribution in [1.29, 1.82) is 0 Å². The minimum absolute atomic E-state index is 0.719. The summed E-state index contributed by atoms with van der Waals surface area (Å²) < 4.78 is 1.31. The predicted octanol–water partition coefficient (Wildman–Crippen LogP) is 2.48. The number of halogens is 1. The van der Waals surface area contributed by atoms with Crippen LogP contribution in [0.4, 0.5) is 0 Å². The summed E-state index contributed by atoms with van der Waals surface area (Å²) in [6.07, 6.45) is 2.79. The van der Waals surface area contributed by atoms with E-state index < -0.39 is 0 Å². The SMILES string of the molecule is Ic1ccc(CNC2CN3CCC2CC3)cc1. The number of piperidine rings is 3. The summed E-state index contributed by atoms with van der Waals surface area (Å²) >= 11 is 2.36. The molecule has 4 rings (SSSR count). The second-order valence-electron chi connectivity index (χ2n) is 5.25. The van der Waals surface area contributed by atoms with E-state index in [-0.39, 0.29) is 0 Å². The Labute approximate surface area is 117 Å². The van der Waals surface area contributed by atoms with Gasteiger partial charge in [0.25, 0.3) is 0 Å². The van der Waals surface area contributed by atoms with E-state index in [9.17, 15) is 0 Å². The summed E-state index contributed by atoms with van der Waals surface area (Å²) in [5.74, 6) is 0.920. The highest BCUT2D eigenvalue weighted by molar-refractivity contribution is 14.1. The van der Waals surface area contributed by atoms with E-state index in [1.54, 1.807) is 0 Å². The lowest BCUT2D eigenvalue weighted by atomic mass is 9.84. The van der Waals surface area contributed by atoms with Gasteiger partial charge in [-0.25, -0.2) is 0 Å². The lowest BCUT2D eigenvalue weighted by Gasteiger charge is -2.45. The van der Waals surface area contributed by atoms with Crippen LogP contribution in [0.25, 0.3) is 0 Å². The number of fused-ring (bicyclic) bond motifs is 3. The van der Waals surface area contributed by atoms with Crippen LogP contribution in [0, 0.1) is 9.49 Å². The Morgan fingerprint density at radius 2 is 1.88 bits per heavy atom. The predicted molar refractivity (Wildman–Crippen MR) is 79.0 cm³/mol. The number of hydrogen-bond acceptors (Lipinski definition) is 2. The summed E-state index contributed by atoms with van der Waals surface area (Å²) in [7, 11) is 0. The van der Waals surface area contributed by atoms with Gasteiger partial charge in [0.2, 0.25) is 0 Å². The van der Waals surface area contributed by atoms with E-state index in [0.29, 0.717) is 0 Å². The molecule has 1 aromatic carbocycles. The third-order valence-electron chi connectivity index (χ3n) is 4.14. The molecule has 0 aromatic heterocycles. The molecular formula is C14H19IN2. The van der Waals surface area contributed by atoms with Crippen LogP contribution in [0.2, 0.25) is 0 Å². The van der Waals surface area contributed by atoms with E-state index >= 15 is 0 Å². The van der Waals surface area contributed by atoms with Crippen LogP contribution in [0.1, 0.15) is 18.4 Å². The Morgan fingerprint density at radius 1 is 1.18 bits per heavy atom. The van der Waals surface area contributed by atoms with Crippen molar-refractivity contribution in [2.75, 3.05) is 19.6 Å². The van der Waals surface area contributed by atoms with Gasteiger partial charge >= 0.3 is 0 Å². The number of nitrogens with one attached hydrogen (secondary N) is 1. The molecule has 17 heavy (non-hydrogen) atoms. The number of rotatable bonds is 3. The Morgan fingerprint density at radius 3 is 2.47 bits per heavy atom. The summed E-state index contributed by atoms with van der Waals surface area (Å²) in [4.78, 5) is 2.60. The van der Waals surface area contributed by atoms with Gasteiger partial charge in [0.15, 0.2) is 0 Å². The first-order chi connectivity index (χ1) is 8.31. The third-order valence-corrected chi connectivity index (χ3v) is 4.86. The highest BCUT2D eigenvalue weighted by atomic mass is 127. The Kier molecular flexibility index (Phi) is 3.68. The molecular weight excluding hydrogens is 323 g/mol. The maximum absolute atomic E-state index is 3.74. The molecule has 3 heterocycles. The number of benzene rings is 1. The van der Waals surface area contributed by atoms with Crippen LogP contribution in [0.15, 0.2) is 24.3 Å². The summed E-state index contributed by atoms with van der Waals surface area (Å²) in [6, 6.07) is 9.56. The van der Waals surface area contributed by atoms with Gasteiger partial charge in [0, 0.05) is 22.7 Å². The fraction of sp³-hybridized carbons (Fsp3) is 0.571. The first kappa shape index (κ1) is 11.9. The summed E-state index contributed by atoms with van der Waals surface area (Å²) in [6.45, 7) is 4.93. The van der Waals surface area contributed by atoms with E-state index in [1.807, 2.05) is 0 Å². The topological polar surface area (TPSA) is 15.3 Å². The van der Waals surface area contributed by atoms with E-state index in [1.165, 1.54) is 41.6 Å². The van der Waals surface area contributed by atoms with Crippen molar-refractivity contribution in [3.63, 3.8) is 0 Å². The van der Waals surface area contributed by atoms with Crippen molar-refractivity contribution < 1.29 is 0 Å². The molecule has 1 atom stereocenters. The van der Waals surface area contributed by atoms with Crippen molar-refractivity contribution >= 4 is 22.6 Å². The largest absolute Gasteiger partial charge is 0.308 e.